The molecule has 1 N–H and O–H groups in total. The van der Waals surface area contributed by atoms with Crippen LogP contribution in [0, 0.1) is 17.0 Å². The lowest BCUT2D eigenvalue weighted by atomic mass is 10.1. The van der Waals surface area contributed by atoms with Gasteiger partial charge in [-0.05, 0) is 41.1 Å². The van der Waals surface area contributed by atoms with E-state index in [1.807, 2.05) is 0 Å². The van der Waals surface area contributed by atoms with E-state index in [9.17, 15) is 14.9 Å². The van der Waals surface area contributed by atoms with Crippen LogP contribution in [0.25, 0.3) is 0 Å². The third-order valence-corrected chi connectivity index (χ3v) is 4.22. The van der Waals surface area contributed by atoms with Crippen molar-refractivity contribution >= 4 is 33.7 Å². The number of aryl methyl sites for hydroxylation is 1. The first-order valence-electron chi connectivity index (χ1n) is 7.13. The summed E-state index contributed by atoms with van der Waals surface area (Å²) in [4.78, 5) is 22.5. The largest absolute Gasteiger partial charge is 0.454 e. The fourth-order valence-corrected chi connectivity index (χ4v) is 2.63. The van der Waals surface area contributed by atoms with Crippen molar-refractivity contribution in [3.63, 3.8) is 0 Å². The summed E-state index contributed by atoms with van der Waals surface area (Å²) in [5.74, 6) is 0.668. The second-order valence-corrected chi connectivity index (χ2v) is 6.04. The highest BCUT2D eigenvalue weighted by atomic mass is 79.9. The number of nitrogens with one attached hydrogen (secondary N) is 1. The smallest absolute Gasteiger partial charge is 0.273 e. The fraction of sp³-hybridized carbons (Fsp3) is 0.125. The van der Waals surface area contributed by atoms with Crippen LogP contribution in [0.3, 0.4) is 0 Å². The Balaban J connectivity index is 1.73. The topological polar surface area (TPSA) is 103 Å². The minimum absolute atomic E-state index is 0.116. The lowest BCUT2D eigenvalue weighted by Crippen LogP contribution is -2.17. The summed E-state index contributed by atoms with van der Waals surface area (Å²) in [7, 11) is 0. The zero-order chi connectivity index (χ0) is 18.0. The summed E-state index contributed by atoms with van der Waals surface area (Å²) >= 11 is 3.38. The molecule has 25 heavy (non-hydrogen) atoms. The highest BCUT2D eigenvalue weighted by Gasteiger charge is 2.16. The Labute approximate surface area is 150 Å². The van der Waals surface area contributed by atoms with Gasteiger partial charge in [-0.3, -0.25) is 14.9 Å². The van der Waals surface area contributed by atoms with E-state index in [1.54, 1.807) is 19.1 Å². The molecule has 1 aliphatic heterocycles. The third kappa shape index (κ3) is 3.61. The van der Waals surface area contributed by atoms with Gasteiger partial charge in [-0.2, -0.15) is 5.10 Å². The van der Waals surface area contributed by atoms with Gasteiger partial charge in [0.05, 0.1) is 11.1 Å². The second-order valence-electron chi connectivity index (χ2n) is 5.18. The molecule has 1 amide bonds. The van der Waals surface area contributed by atoms with Crippen LogP contribution in [0.5, 0.6) is 11.5 Å². The molecule has 0 spiro atoms. The number of carbonyl (C=O) groups is 1. The summed E-state index contributed by atoms with van der Waals surface area (Å²) in [6, 6.07) is 7.71. The van der Waals surface area contributed by atoms with Gasteiger partial charge in [0.25, 0.3) is 11.6 Å². The molecule has 0 bridgehead atoms. The van der Waals surface area contributed by atoms with Crippen LogP contribution in [0.15, 0.2) is 39.9 Å². The van der Waals surface area contributed by atoms with Crippen LogP contribution in [0.4, 0.5) is 5.69 Å². The number of amides is 1. The molecule has 1 heterocycles. The first-order valence-corrected chi connectivity index (χ1v) is 7.92. The van der Waals surface area contributed by atoms with Crippen molar-refractivity contribution in [2.75, 3.05) is 6.79 Å². The SMILES string of the molecule is Cc1ccc(C(=O)N/N=C/c2cc3c(cc2Br)OCO3)cc1[N+](=O)[O-]. The standard InChI is InChI=1S/C16H12BrN3O5/c1-9-2-3-10(4-13(9)20(22)23)16(21)19-18-7-11-5-14-15(6-12(11)17)25-8-24-14/h2-7H,8H2,1H3,(H,19,21)/b18-7+. The summed E-state index contributed by atoms with van der Waals surface area (Å²) in [6.07, 6.45) is 1.44. The summed E-state index contributed by atoms with van der Waals surface area (Å²) in [6.45, 7) is 1.76. The third-order valence-electron chi connectivity index (χ3n) is 3.53. The zero-order valence-corrected chi connectivity index (χ0v) is 14.6. The van der Waals surface area contributed by atoms with Gasteiger partial charge in [-0.15, -0.1) is 0 Å². The normalized spacial score (nSPS) is 12.4. The Morgan fingerprint density at radius 3 is 2.76 bits per heavy atom. The van der Waals surface area contributed by atoms with E-state index >= 15 is 0 Å². The van der Waals surface area contributed by atoms with Crippen molar-refractivity contribution in [2.24, 2.45) is 5.10 Å². The molecule has 0 aromatic heterocycles. The number of rotatable bonds is 4. The molecule has 8 nitrogen and oxygen atoms in total. The summed E-state index contributed by atoms with van der Waals surface area (Å²) < 4.78 is 11.3. The molecule has 0 radical (unpaired) electrons. The molecular formula is C16H12BrN3O5. The van der Waals surface area contributed by atoms with Crippen molar-refractivity contribution in [3.8, 4) is 11.5 Å². The van der Waals surface area contributed by atoms with E-state index in [2.05, 4.69) is 26.5 Å². The number of benzene rings is 2. The number of nitro groups is 1. The van der Waals surface area contributed by atoms with Crippen molar-refractivity contribution in [3.05, 3.63) is 61.6 Å². The van der Waals surface area contributed by atoms with Gasteiger partial charge in [0.2, 0.25) is 6.79 Å². The van der Waals surface area contributed by atoms with Gasteiger partial charge in [0, 0.05) is 27.2 Å². The number of hydrazone groups is 1. The maximum atomic E-state index is 12.1. The highest BCUT2D eigenvalue weighted by molar-refractivity contribution is 9.10. The number of halogens is 1. The minimum atomic E-state index is -0.545. The predicted molar refractivity (Wildman–Crippen MR) is 93.2 cm³/mol. The summed E-state index contributed by atoms with van der Waals surface area (Å²) in [5.41, 5.74) is 3.54. The Bertz CT molecular complexity index is 898. The maximum absolute atomic E-state index is 12.1. The van der Waals surface area contributed by atoms with Gasteiger partial charge >= 0.3 is 0 Å². The molecule has 0 saturated heterocycles. The van der Waals surface area contributed by atoms with Crippen molar-refractivity contribution < 1.29 is 19.2 Å². The minimum Gasteiger partial charge on any atom is -0.454 e. The molecule has 128 valence electrons. The Kier molecular flexibility index (Phi) is 4.66. The molecule has 2 aromatic carbocycles. The van der Waals surface area contributed by atoms with E-state index in [4.69, 9.17) is 9.47 Å². The average molecular weight is 406 g/mol. The second kappa shape index (κ2) is 6.89. The number of ether oxygens (including phenoxy) is 2. The molecular weight excluding hydrogens is 394 g/mol. The predicted octanol–water partition coefficient (Wildman–Crippen LogP) is 3.16. The quantitative estimate of drug-likeness (QED) is 0.477. The molecule has 0 aliphatic carbocycles. The van der Waals surface area contributed by atoms with Crippen LogP contribution in [-0.2, 0) is 0 Å². The Morgan fingerprint density at radius 2 is 2.04 bits per heavy atom. The zero-order valence-electron chi connectivity index (χ0n) is 13.0. The van der Waals surface area contributed by atoms with E-state index in [0.717, 1.165) is 4.47 Å². The van der Waals surface area contributed by atoms with E-state index in [-0.39, 0.29) is 18.0 Å². The van der Waals surface area contributed by atoms with Crippen molar-refractivity contribution in [2.45, 2.75) is 6.92 Å². The number of fused-ring (bicyclic) bond motifs is 1. The van der Waals surface area contributed by atoms with Crippen LogP contribution in [-0.4, -0.2) is 23.8 Å². The van der Waals surface area contributed by atoms with Crippen LogP contribution in [0.2, 0.25) is 0 Å². The number of nitro benzene ring substituents is 1. The van der Waals surface area contributed by atoms with Gasteiger partial charge in [0.15, 0.2) is 11.5 Å². The number of hydrogen-bond donors (Lipinski definition) is 1. The van der Waals surface area contributed by atoms with E-state index in [1.165, 1.54) is 24.4 Å². The number of carbonyl (C=O) groups excluding carboxylic acids is 1. The monoisotopic (exact) mass is 405 g/mol. The molecule has 9 heteroatoms. The molecule has 0 fully saturated rings. The highest BCUT2D eigenvalue weighted by Crippen LogP contribution is 2.36. The molecule has 0 unspecified atom stereocenters. The summed E-state index contributed by atoms with van der Waals surface area (Å²) in [5, 5.41) is 14.8. The van der Waals surface area contributed by atoms with Crippen molar-refractivity contribution in [1.82, 2.24) is 5.43 Å². The molecule has 1 aliphatic rings. The first kappa shape index (κ1) is 16.9. The number of hydrogen-bond acceptors (Lipinski definition) is 6. The average Bonchev–Trinajstić information content (AvgIpc) is 3.02. The van der Waals surface area contributed by atoms with E-state index in [0.29, 0.717) is 22.6 Å². The molecule has 3 rings (SSSR count). The molecule has 0 saturated carbocycles. The van der Waals surface area contributed by atoms with Crippen LogP contribution < -0.4 is 14.9 Å². The van der Waals surface area contributed by atoms with Crippen LogP contribution in [0.1, 0.15) is 21.5 Å². The fourth-order valence-electron chi connectivity index (χ4n) is 2.20. The Hall–Kier alpha value is -2.94. The molecule has 2 aromatic rings. The lowest BCUT2D eigenvalue weighted by Gasteiger charge is -2.03. The van der Waals surface area contributed by atoms with Crippen molar-refractivity contribution in [1.29, 1.82) is 0 Å². The lowest BCUT2D eigenvalue weighted by molar-refractivity contribution is -0.385. The molecule has 0 atom stereocenters. The van der Waals surface area contributed by atoms with Gasteiger partial charge in [0.1, 0.15) is 0 Å². The van der Waals surface area contributed by atoms with Gasteiger partial charge < -0.3 is 9.47 Å². The van der Waals surface area contributed by atoms with E-state index < -0.39 is 10.8 Å². The van der Waals surface area contributed by atoms with Crippen LogP contribution >= 0.6 is 15.9 Å². The number of nitrogens with zero attached hydrogens (tertiary/aromatic N) is 2. The first-order chi connectivity index (χ1) is 12.0. The van der Waals surface area contributed by atoms with Gasteiger partial charge in [-0.25, -0.2) is 5.43 Å². The Morgan fingerprint density at radius 1 is 1.32 bits per heavy atom. The maximum Gasteiger partial charge on any atom is 0.273 e. The van der Waals surface area contributed by atoms with Gasteiger partial charge in [-0.1, -0.05) is 6.07 Å².